The first-order valence-electron chi connectivity index (χ1n) is 7.17. The number of hydrogen-bond donors (Lipinski definition) is 2. The third-order valence-corrected chi connectivity index (χ3v) is 4.95. The fraction of sp³-hybridized carbons (Fsp3) is 0.235. The maximum Gasteiger partial charge on any atom is 0.266 e. The molecule has 0 saturated heterocycles. The quantitative estimate of drug-likeness (QED) is 0.845. The first-order valence-corrected chi connectivity index (χ1v) is 8.65. The largest absolute Gasteiger partial charge is 0.273 e. The second-order valence-corrected chi connectivity index (χ2v) is 7.30. The number of rotatable bonds is 4. The average molecular weight is 332 g/mol. The van der Waals surface area contributed by atoms with E-state index < -0.39 is 15.9 Å². The van der Waals surface area contributed by atoms with Gasteiger partial charge in [-0.15, -0.1) is 4.83 Å². The summed E-state index contributed by atoms with van der Waals surface area (Å²) in [7, 11) is -3.81. The van der Waals surface area contributed by atoms with Gasteiger partial charge in [-0.05, 0) is 51.0 Å². The summed E-state index contributed by atoms with van der Waals surface area (Å²) < 4.78 is 24.6. The van der Waals surface area contributed by atoms with Crippen LogP contribution < -0.4 is 10.3 Å². The molecule has 0 spiro atoms. The Morgan fingerprint density at radius 3 is 2.00 bits per heavy atom. The number of aryl methyl sites for hydroxylation is 4. The fourth-order valence-electron chi connectivity index (χ4n) is 2.41. The number of sulfonamides is 1. The van der Waals surface area contributed by atoms with Gasteiger partial charge >= 0.3 is 0 Å². The molecule has 2 aromatic carbocycles. The number of hydrogen-bond acceptors (Lipinski definition) is 3. The summed E-state index contributed by atoms with van der Waals surface area (Å²) in [6.07, 6.45) is 0. The number of benzene rings is 2. The predicted octanol–water partition coefficient (Wildman–Crippen LogP) is 2.54. The van der Waals surface area contributed by atoms with Gasteiger partial charge in [0.15, 0.2) is 0 Å². The molecule has 2 aromatic rings. The van der Waals surface area contributed by atoms with Crippen LogP contribution in [0.4, 0.5) is 0 Å². The van der Waals surface area contributed by atoms with Gasteiger partial charge in [-0.25, -0.2) is 8.42 Å². The molecule has 0 aliphatic carbocycles. The van der Waals surface area contributed by atoms with Gasteiger partial charge in [-0.1, -0.05) is 35.4 Å². The van der Waals surface area contributed by atoms with E-state index in [4.69, 9.17) is 0 Å². The van der Waals surface area contributed by atoms with Gasteiger partial charge in [0.1, 0.15) is 0 Å². The van der Waals surface area contributed by atoms with Crippen molar-refractivity contribution in [3.8, 4) is 0 Å². The summed E-state index contributed by atoms with van der Waals surface area (Å²) in [5.74, 6) is -0.490. The highest BCUT2D eigenvalue weighted by Gasteiger charge is 2.18. The lowest BCUT2D eigenvalue weighted by atomic mass is 10.1. The minimum absolute atomic E-state index is 0.143. The van der Waals surface area contributed by atoms with Gasteiger partial charge in [0.05, 0.1) is 4.90 Å². The lowest BCUT2D eigenvalue weighted by Crippen LogP contribution is -2.42. The summed E-state index contributed by atoms with van der Waals surface area (Å²) in [5, 5.41) is 0. The van der Waals surface area contributed by atoms with Crippen LogP contribution in [0.5, 0.6) is 0 Å². The molecule has 0 bridgehead atoms. The van der Waals surface area contributed by atoms with E-state index in [1.54, 1.807) is 38.1 Å². The molecule has 6 heteroatoms. The van der Waals surface area contributed by atoms with Crippen LogP contribution in [0.3, 0.4) is 0 Å². The molecule has 2 N–H and O–H groups in total. The Labute approximate surface area is 136 Å². The Morgan fingerprint density at radius 2 is 1.43 bits per heavy atom. The van der Waals surface area contributed by atoms with E-state index in [1.807, 2.05) is 19.9 Å². The van der Waals surface area contributed by atoms with Gasteiger partial charge in [0.25, 0.3) is 15.9 Å². The molecule has 0 fully saturated rings. The first kappa shape index (κ1) is 17.2. The SMILES string of the molecule is Cc1ccc(C(=O)NNS(=O)(=O)c2ccc(C)cc2C)c(C)c1. The minimum atomic E-state index is -3.81. The van der Waals surface area contributed by atoms with Crippen molar-refractivity contribution in [2.24, 2.45) is 0 Å². The van der Waals surface area contributed by atoms with Crippen molar-refractivity contribution in [2.45, 2.75) is 32.6 Å². The van der Waals surface area contributed by atoms with Crippen LogP contribution in [0.2, 0.25) is 0 Å². The molecule has 0 aliphatic rings. The van der Waals surface area contributed by atoms with E-state index in [9.17, 15) is 13.2 Å². The van der Waals surface area contributed by atoms with Crippen molar-refractivity contribution in [1.29, 1.82) is 0 Å². The van der Waals surface area contributed by atoms with Crippen molar-refractivity contribution < 1.29 is 13.2 Å². The number of nitrogens with one attached hydrogen (secondary N) is 2. The van der Waals surface area contributed by atoms with Crippen molar-refractivity contribution in [1.82, 2.24) is 10.3 Å². The lowest BCUT2D eigenvalue weighted by molar-refractivity contribution is 0.0944. The molecular formula is C17H20N2O3S. The fourth-order valence-corrected chi connectivity index (χ4v) is 3.47. The highest BCUT2D eigenvalue weighted by molar-refractivity contribution is 7.89. The van der Waals surface area contributed by atoms with Crippen LogP contribution in [-0.2, 0) is 10.0 Å². The molecule has 0 saturated carbocycles. The maximum absolute atomic E-state index is 12.3. The summed E-state index contributed by atoms with van der Waals surface area (Å²) in [6.45, 7) is 7.34. The molecule has 0 unspecified atom stereocenters. The van der Waals surface area contributed by atoms with Crippen LogP contribution in [0.15, 0.2) is 41.3 Å². The van der Waals surface area contributed by atoms with E-state index in [0.717, 1.165) is 16.7 Å². The Bertz CT molecular complexity index is 858. The molecule has 23 heavy (non-hydrogen) atoms. The molecule has 122 valence electrons. The topological polar surface area (TPSA) is 75.3 Å². The summed E-state index contributed by atoms with van der Waals surface area (Å²) in [6, 6.07) is 10.4. The van der Waals surface area contributed by atoms with Crippen LogP contribution >= 0.6 is 0 Å². The number of carbonyl (C=O) groups is 1. The van der Waals surface area contributed by atoms with Crippen LogP contribution in [0.1, 0.15) is 32.6 Å². The van der Waals surface area contributed by atoms with Gasteiger partial charge < -0.3 is 0 Å². The minimum Gasteiger partial charge on any atom is -0.273 e. The van der Waals surface area contributed by atoms with Crippen LogP contribution in [0.25, 0.3) is 0 Å². The Kier molecular flexibility index (Phi) is 4.87. The molecule has 0 aromatic heterocycles. The zero-order valence-electron chi connectivity index (χ0n) is 13.6. The molecule has 1 amide bonds. The zero-order valence-corrected chi connectivity index (χ0v) is 14.4. The highest BCUT2D eigenvalue weighted by Crippen LogP contribution is 2.16. The van der Waals surface area contributed by atoms with E-state index >= 15 is 0 Å². The standard InChI is InChI=1S/C17H20N2O3S/c1-11-5-7-15(13(3)9-11)17(20)18-19-23(21,22)16-8-6-12(2)10-14(16)4/h5-10,19H,1-4H3,(H,18,20). The second-order valence-electron chi connectivity index (χ2n) is 5.65. The Balaban J connectivity index is 2.17. The summed E-state index contributed by atoms with van der Waals surface area (Å²) in [4.78, 5) is 14.4. The third-order valence-electron chi connectivity index (χ3n) is 3.55. The second kappa shape index (κ2) is 6.52. The van der Waals surface area contributed by atoms with Gasteiger partial charge in [0, 0.05) is 5.56 Å². The van der Waals surface area contributed by atoms with Crippen LogP contribution in [0, 0.1) is 27.7 Å². The molecule has 0 aliphatic heterocycles. The number of hydrazine groups is 1. The van der Waals surface area contributed by atoms with Gasteiger partial charge in [0.2, 0.25) is 0 Å². The number of carbonyl (C=O) groups excluding carboxylic acids is 1. The third kappa shape index (κ3) is 3.97. The van der Waals surface area contributed by atoms with Crippen molar-refractivity contribution >= 4 is 15.9 Å². The molecule has 2 rings (SSSR count). The monoisotopic (exact) mass is 332 g/mol. The van der Waals surface area contributed by atoms with Crippen molar-refractivity contribution in [3.05, 3.63) is 64.2 Å². The molecule has 0 atom stereocenters. The van der Waals surface area contributed by atoms with Crippen molar-refractivity contribution in [3.63, 3.8) is 0 Å². The van der Waals surface area contributed by atoms with Gasteiger partial charge in [-0.3, -0.25) is 10.2 Å². The first-order chi connectivity index (χ1) is 10.7. The Hall–Kier alpha value is -2.18. The Morgan fingerprint density at radius 1 is 0.870 bits per heavy atom. The molecule has 0 heterocycles. The predicted molar refractivity (Wildman–Crippen MR) is 89.6 cm³/mol. The normalized spacial score (nSPS) is 11.3. The number of amides is 1. The van der Waals surface area contributed by atoms with Gasteiger partial charge in [-0.2, -0.15) is 0 Å². The van der Waals surface area contributed by atoms with E-state index in [1.165, 1.54) is 6.07 Å². The highest BCUT2D eigenvalue weighted by atomic mass is 32.2. The molecule has 5 nitrogen and oxygen atoms in total. The van der Waals surface area contributed by atoms with Crippen molar-refractivity contribution in [2.75, 3.05) is 0 Å². The van der Waals surface area contributed by atoms with E-state index in [0.29, 0.717) is 11.1 Å². The van der Waals surface area contributed by atoms with E-state index in [2.05, 4.69) is 10.3 Å². The molecular weight excluding hydrogens is 312 g/mol. The summed E-state index contributed by atoms with van der Waals surface area (Å²) in [5.41, 5.74) is 6.11. The average Bonchev–Trinajstić information content (AvgIpc) is 2.44. The molecule has 0 radical (unpaired) electrons. The maximum atomic E-state index is 12.3. The van der Waals surface area contributed by atoms with Crippen LogP contribution in [-0.4, -0.2) is 14.3 Å². The lowest BCUT2D eigenvalue weighted by Gasteiger charge is -2.12. The van der Waals surface area contributed by atoms with E-state index in [-0.39, 0.29) is 4.90 Å². The zero-order chi connectivity index (χ0) is 17.2. The summed E-state index contributed by atoms with van der Waals surface area (Å²) >= 11 is 0. The smallest absolute Gasteiger partial charge is 0.266 e.